The first-order valence-electron chi connectivity index (χ1n) is 6.89. The molecule has 1 aromatic carbocycles. The van der Waals surface area contributed by atoms with Gasteiger partial charge in [0.2, 0.25) is 5.89 Å². The molecule has 6 nitrogen and oxygen atoms in total. The summed E-state index contributed by atoms with van der Waals surface area (Å²) in [5.74, 6) is 1.06. The number of aromatic nitrogens is 2. The molecule has 2 heterocycles. The lowest BCUT2D eigenvalue weighted by Crippen LogP contribution is -2.07. The molecule has 3 aromatic rings. The normalized spacial score (nSPS) is 10.5. The topological polar surface area (TPSA) is 74.5 Å². The predicted octanol–water partition coefficient (Wildman–Crippen LogP) is 3.09. The first-order valence-corrected chi connectivity index (χ1v) is 7.77. The molecule has 0 fully saturated rings. The Morgan fingerprint density at radius 3 is 2.74 bits per heavy atom. The third kappa shape index (κ3) is 3.95. The fourth-order valence-electron chi connectivity index (χ4n) is 1.91. The van der Waals surface area contributed by atoms with Crippen LogP contribution in [0.2, 0.25) is 0 Å². The van der Waals surface area contributed by atoms with Crippen LogP contribution in [-0.4, -0.2) is 23.3 Å². The first kappa shape index (κ1) is 15.2. The van der Waals surface area contributed by atoms with E-state index >= 15 is 0 Å². The summed E-state index contributed by atoms with van der Waals surface area (Å²) >= 11 is 1.51. The van der Waals surface area contributed by atoms with Crippen molar-refractivity contribution < 1.29 is 18.7 Å². The fraction of sp³-hybridized carbons (Fsp3) is 0.188. The summed E-state index contributed by atoms with van der Waals surface area (Å²) in [4.78, 5) is 12.7. The molecule has 7 heteroatoms. The molecule has 118 valence electrons. The van der Waals surface area contributed by atoms with Gasteiger partial charge >= 0.3 is 5.97 Å². The van der Waals surface area contributed by atoms with Crippen molar-refractivity contribution in [1.29, 1.82) is 0 Å². The van der Waals surface area contributed by atoms with E-state index in [1.165, 1.54) is 11.3 Å². The average Bonchev–Trinajstić information content (AvgIpc) is 3.25. The number of carbonyl (C=O) groups excluding carboxylic acids is 1. The van der Waals surface area contributed by atoms with Crippen molar-refractivity contribution >= 4 is 17.3 Å². The van der Waals surface area contributed by atoms with E-state index in [0.717, 1.165) is 16.2 Å². The molecule has 0 aliphatic carbocycles. The van der Waals surface area contributed by atoms with Crippen LogP contribution in [0.1, 0.15) is 10.8 Å². The molecular formula is C16H14N2O4S. The monoisotopic (exact) mass is 330 g/mol. The number of esters is 1. The van der Waals surface area contributed by atoms with Gasteiger partial charge in [0.25, 0.3) is 5.89 Å². The van der Waals surface area contributed by atoms with Crippen LogP contribution >= 0.6 is 11.3 Å². The van der Waals surface area contributed by atoms with Crippen molar-refractivity contribution in [3.63, 3.8) is 0 Å². The van der Waals surface area contributed by atoms with Crippen LogP contribution < -0.4 is 4.74 Å². The van der Waals surface area contributed by atoms with E-state index in [1.54, 1.807) is 19.2 Å². The van der Waals surface area contributed by atoms with Crippen molar-refractivity contribution in [2.24, 2.45) is 0 Å². The number of ether oxygens (including phenoxy) is 2. The number of thiophene rings is 1. The first-order chi connectivity index (χ1) is 11.2. The van der Waals surface area contributed by atoms with Crippen molar-refractivity contribution in [2.75, 3.05) is 7.11 Å². The van der Waals surface area contributed by atoms with Crippen molar-refractivity contribution in [2.45, 2.75) is 13.0 Å². The molecule has 23 heavy (non-hydrogen) atoms. The van der Waals surface area contributed by atoms with Gasteiger partial charge in [-0.2, -0.15) is 0 Å². The summed E-state index contributed by atoms with van der Waals surface area (Å²) in [6.45, 7) is -0.0344. The number of hydrogen-bond donors (Lipinski definition) is 0. The molecule has 0 unspecified atom stereocenters. The molecule has 0 aliphatic heterocycles. The highest BCUT2D eigenvalue weighted by molar-refractivity contribution is 7.10. The van der Waals surface area contributed by atoms with Gasteiger partial charge in [-0.3, -0.25) is 4.79 Å². The zero-order valence-corrected chi connectivity index (χ0v) is 13.2. The van der Waals surface area contributed by atoms with E-state index in [1.807, 2.05) is 29.6 Å². The van der Waals surface area contributed by atoms with Crippen LogP contribution in [0.3, 0.4) is 0 Å². The van der Waals surface area contributed by atoms with E-state index in [9.17, 15) is 4.79 Å². The van der Waals surface area contributed by atoms with Crippen LogP contribution in [0, 0.1) is 0 Å². The quantitative estimate of drug-likeness (QED) is 0.647. The van der Waals surface area contributed by atoms with Gasteiger partial charge in [0.05, 0.1) is 13.5 Å². The molecule has 0 saturated heterocycles. The van der Waals surface area contributed by atoms with Crippen molar-refractivity contribution in [3.05, 3.63) is 52.5 Å². The number of methoxy groups -OCH3 is 1. The lowest BCUT2D eigenvalue weighted by molar-refractivity contribution is -0.144. The Balaban J connectivity index is 1.57. The Morgan fingerprint density at radius 1 is 1.22 bits per heavy atom. The van der Waals surface area contributed by atoms with Gasteiger partial charge in [-0.15, -0.1) is 21.5 Å². The molecule has 2 aromatic heterocycles. The molecular weight excluding hydrogens is 316 g/mol. The Kier molecular flexibility index (Phi) is 4.68. The third-order valence-electron chi connectivity index (χ3n) is 3.06. The van der Waals surface area contributed by atoms with Gasteiger partial charge in [-0.25, -0.2) is 0 Å². The second-order valence-electron chi connectivity index (χ2n) is 4.65. The highest BCUT2D eigenvalue weighted by Crippen LogP contribution is 2.21. The largest absolute Gasteiger partial charge is 0.497 e. The standard InChI is InChI=1S/C16H14N2O4S/c1-20-12-6-4-11(5-7-12)16-18-17-14(22-16)10-21-15(19)9-13-3-2-8-23-13/h2-8H,9-10H2,1H3. The molecule has 3 rings (SSSR count). The highest BCUT2D eigenvalue weighted by atomic mass is 32.1. The summed E-state index contributed by atoms with van der Waals surface area (Å²) in [5.41, 5.74) is 0.773. The number of hydrogen-bond acceptors (Lipinski definition) is 7. The average molecular weight is 330 g/mol. The molecule has 0 atom stereocenters. The van der Waals surface area contributed by atoms with Crippen LogP contribution in [0.25, 0.3) is 11.5 Å². The summed E-state index contributed by atoms with van der Waals surface area (Å²) in [6, 6.07) is 11.0. The van der Waals surface area contributed by atoms with Crippen molar-refractivity contribution in [1.82, 2.24) is 10.2 Å². The lowest BCUT2D eigenvalue weighted by Gasteiger charge is -2.00. The van der Waals surface area contributed by atoms with Gasteiger partial charge < -0.3 is 13.9 Å². The zero-order valence-electron chi connectivity index (χ0n) is 12.4. The van der Waals surface area contributed by atoms with E-state index < -0.39 is 0 Å². The Hall–Kier alpha value is -2.67. The molecule has 0 spiro atoms. The van der Waals surface area contributed by atoms with Crippen LogP contribution in [0.15, 0.2) is 46.2 Å². The highest BCUT2D eigenvalue weighted by Gasteiger charge is 2.12. The third-order valence-corrected chi connectivity index (χ3v) is 3.94. The van der Waals surface area contributed by atoms with E-state index in [4.69, 9.17) is 13.9 Å². The molecule has 0 radical (unpaired) electrons. The second kappa shape index (κ2) is 7.06. The molecule has 0 N–H and O–H groups in total. The maximum atomic E-state index is 11.7. The predicted molar refractivity (Wildman–Crippen MR) is 84.1 cm³/mol. The summed E-state index contributed by atoms with van der Waals surface area (Å²) in [7, 11) is 1.60. The van der Waals surface area contributed by atoms with Crippen LogP contribution in [-0.2, 0) is 22.6 Å². The molecule has 0 saturated carbocycles. The number of rotatable bonds is 6. The summed E-state index contributed by atoms with van der Waals surface area (Å²) in [6.07, 6.45) is 0.247. The van der Waals surface area contributed by atoms with Gasteiger partial charge in [-0.1, -0.05) is 6.07 Å². The van der Waals surface area contributed by atoms with E-state index in [0.29, 0.717) is 5.89 Å². The van der Waals surface area contributed by atoms with Gasteiger partial charge in [0.1, 0.15) is 5.75 Å². The fourth-order valence-corrected chi connectivity index (χ4v) is 2.60. The van der Waals surface area contributed by atoms with Gasteiger partial charge in [-0.05, 0) is 35.7 Å². The Morgan fingerprint density at radius 2 is 2.04 bits per heavy atom. The maximum Gasteiger partial charge on any atom is 0.311 e. The van der Waals surface area contributed by atoms with Crippen LogP contribution in [0.5, 0.6) is 5.75 Å². The SMILES string of the molecule is COc1ccc(-c2nnc(COC(=O)Cc3cccs3)o2)cc1. The van der Waals surface area contributed by atoms with Gasteiger partial charge in [0.15, 0.2) is 6.61 Å². The molecule has 0 amide bonds. The lowest BCUT2D eigenvalue weighted by atomic mass is 10.2. The van der Waals surface area contributed by atoms with Crippen LogP contribution in [0.4, 0.5) is 0 Å². The van der Waals surface area contributed by atoms with E-state index in [2.05, 4.69) is 10.2 Å². The summed E-state index contributed by atoms with van der Waals surface area (Å²) in [5, 5.41) is 9.75. The minimum Gasteiger partial charge on any atom is -0.497 e. The number of nitrogens with zero attached hydrogens (tertiary/aromatic N) is 2. The van der Waals surface area contributed by atoms with Crippen molar-refractivity contribution in [3.8, 4) is 17.2 Å². The van der Waals surface area contributed by atoms with E-state index in [-0.39, 0.29) is 24.9 Å². The smallest absolute Gasteiger partial charge is 0.311 e. The maximum absolute atomic E-state index is 11.7. The molecule has 0 bridgehead atoms. The zero-order chi connectivity index (χ0) is 16.1. The van der Waals surface area contributed by atoms with Gasteiger partial charge in [0, 0.05) is 10.4 Å². The number of carbonyl (C=O) groups is 1. The molecule has 0 aliphatic rings. The minimum absolute atomic E-state index is 0.0344. The summed E-state index contributed by atoms with van der Waals surface area (Å²) < 4.78 is 15.7. The second-order valence-corrected chi connectivity index (χ2v) is 5.68. The Bertz CT molecular complexity index is 766. The number of benzene rings is 1. The minimum atomic E-state index is -0.323. The Labute approximate surface area is 136 Å².